The predicted octanol–water partition coefficient (Wildman–Crippen LogP) is 4.55. The standard InChI is InChI=1S/C10H3Cl5N2O/c11-4-1-5(8(13)6(12)2-4)10(18)17-7(3-16)9(14)15/h1-2H,(H,17,18). The molecule has 8 heteroatoms. The van der Waals surface area contributed by atoms with Crippen molar-refractivity contribution >= 4 is 63.9 Å². The molecule has 3 nitrogen and oxygen atoms in total. The summed E-state index contributed by atoms with van der Waals surface area (Å²) in [7, 11) is 0. The summed E-state index contributed by atoms with van der Waals surface area (Å²) >= 11 is 28.2. The zero-order chi connectivity index (χ0) is 13.9. The summed E-state index contributed by atoms with van der Waals surface area (Å²) in [5.41, 5.74) is -0.285. The van der Waals surface area contributed by atoms with E-state index < -0.39 is 5.91 Å². The fourth-order valence-corrected chi connectivity index (χ4v) is 1.89. The van der Waals surface area contributed by atoms with Gasteiger partial charge in [-0.05, 0) is 12.1 Å². The summed E-state index contributed by atoms with van der Waals surface area (Å²) in [5, 5.41) is 11.3. The van der Waals surface area contributed by atoms with Crippen LogP contribution in [0.3, 0.4) is 0 Å². The normalized spacial score (nSPS) is 9.56. The highest BCUT2D eigenvalue weighted by atomic mass is 35.5. The number of hydrogen-bond donors (Lipinski definition) is 1. The fourth-order valence-electron chi connectivity index (χ4n) is 1.02. The van der Waals surface area contributed by atoms with Crippen LogP contribution in [0.25, 0.3) is 0 Å². The molecule has 0 atom stereocenters. The number of carbonyl (C=O) groups excluding carboxylic acids is 1. The lowest BCUT2D eigenvalue weighted by atomic mass is 10.2. The molecule has 1 aromatic carbocycles. The number of halogens is 5. The Hall–Kier alpha value is -0.630. The molecule has 0 aliphatic heterocycles. The number of hydrogen-bond acceptors (Lipinski definition) is 2. The Balaban J connectivity index is 3.14. The molecular weight excluding hydrogens is 341 g/mol. The van der Waals surface area contributed by atoms with E-state index in [9.17, 15) is 4.79 Å². The molecule has 0 unspecified atom stereocenters. The van der Waals surface area contributed by atoms with Gasteiger partial charge in [0, 0.05) is 5.02 Å². The zero-order valence-corrected chi connectivity index (χ0v) is 12.2. The first-order valence-corrected chi connectivity index (χ1v) is 6.17. The second kappa shape index (κ2) is 6.51. The maximum Gasteiger partial charge on any atom is 0.257 e. The average Bonchev–Trinajstić information content (AvgIpc) is 2.29. The van der Waals surface area contributed by atoms with Crippen molar-refractivity contribution in [1.29, 1.82) is 5.26 Å². The Morgan fingerprint density at radius 1 is 1.22 bits per heavy atom. The van der Waals surface area contributed by atoms with E-state index in [0.29, 0.717) is 0 Å². The number of nitriles is 1. The quantitative estimate of drug-likeness (QED) is 0.632. The minimum atomic E-state index is -0.695. The molecule has 1 rings (SSSR count). The van der Waals surface area contributed by atoms with Crippen molar-refractivity contribution in [3.8, 4) is 6.07 Å². The van der Waals surface area contributed by atoms with Crippen LogP contribution in [0.15, 0.2) is 22.3 Å². The monoisotopic (exact) mass is 342 g/mol. The number of nitrogens with zero attached hydrogens (tertiary/aromatic N) is 1. The molecule has 1 aromatic rings. The maximum atomic E-state index is 11.8. The largest absolute Gasteiger partial charge is 0.311 e. The van der Waals surface area contributed by atoms with E-state index in [-0.39, 0.29) is 30.8 Å². The van der Waals surface area contributed by atoms with E-state index in [4.69, 9.17) is 63.3 Å². The third kappa shape index (κ3) is 3.68. The van der Waals surface area contributed by atoms with Crippen molar-refractivity contribution < 1.29 is 4.79 Å². The van der Waals surface area contributed by atoms with Crippen molar-refractivity contribution in [2.75, 3.05) is 0 Å². The smallest absolute Gasteiger partial charge is 0.257 e. The summed E-state index contributed by atoms with van der Waals surface area (Å²) < 4.78 is -0.366. The first-order chi connectivity index (χ1) is 8.36. The Labute approximate surface area is 128 Å². The molecule has 0 heterocycles. The molecule has 0 bridgehead atoms. The SMILES string of the molecule is N#CC(NC(=O)c1cc(Cl)cc(Cl)c1Cl)=C(Cl)Cl. The van der Waals surface area contributed by atoms with Crippen LogP contribution in [0.5, 0.6) is 0 Å². The van der Waals surface area contributed by atoms with E-state index in [1.54, 1.807) is 6.07 Å². The van der Waals surface area contributed by atoms with Gasteiger partial charge in [-0.15, -0.1) is 0 Å². The molecule has 1 amide bonds. The van der Waals surface area contributed by atoms with E-state index in [0.717, 1.165) is 0 Å². The van der Waals surface area contributed by atoms with Crippen molar-refractivity contribution in [1.82, 2.24) is 5.32 Å². The van der Waals surface area contributed by atoms with Gasteiger partial charge in [-0.2, -0.15) is 5.26 Å². The first kappa shape index (κ1) is 15.4. The zero-order valence-electron chi connectivity index (χ0n) is 8.40. The molecule has 0 aliphatic carbocycles. The number of benzene rings is 1. The number of rotatable bonds is 2. The molecule has 1 N–H and O–H groups in total. The third-order valence-electron chi connectivity index (χ3n) is 1.78. The molecule has 0 saturated heterocycles. The number of amides is 1. The Morgan fingerprint density at radius 3 is 2.33 bits per heavy atom. The van der Waals surface area contributed by atoms with Crippen molar-refractivity contribution in [2.45, 2.75) is 0 Å². The highest BCUT2D eigenvalue weighted by molar-refractivity contribution is 6.56. The number of nitrogens with one attached hydrogen (secondary N) is 1. The highest BCUT2D eigenvalue weighted by Crippen LogP contribution is 2.29. The minimum Gasteiger partial charge on any atom is -0.311 e. The van der Waals surface area contributed by atoms with E-state index in [1.807, 2.05) is 0 Å². The first-order valence-electron chi connectivity index (χ1n) is 4.28. The van der Waals surface area contributed by atoms with Gasteiger partial charge in [0.2, 0.25) is 0 Å². The minimum absolute atomic E-state index is 0.0106. The van der Waals surface area contributed by atoms with Crippen LogP contribution in [0, 0.1) is 11.3 Å². The van der Waals surface area contributed by atoms with E-state index >= 15 is 0 Å². The fraction of sp³-hybridized carbons (Fsp3) is 0. The molecule has 0 saturated carbocycles. The van der Waals surface area contributed by atoms with Crippen LogP contribution < -0.4 is 5.32 Å². The lowest BCUT2D eigenvalue weighted by Gasteiger charge is -2.07. The maximum absolute atomic E-state index is 11.8. The van der Waals surface area contributed by atoms with E-state index in [2.05, 4.69) is 5.32 Å². The summed E-state index contributed by atoms with van der Waals surface area (Å²) in [4.78, 5) is 11.8. The van der Waals surface area contributed by atoms with Gasteiger partial charge in [-0.3, -0.25) is 4.79 Å². The molecule has 0 spiro atoms. The average molecular weight is 344 g/mol. The molecule has 94 valence electrons. The molecule has 18 heavy (non-hydrogen) atoms. The van der Waals surface area contributed by atoms with Crippen LogP contribution in [0.2, 0.25) is 15.1 Å². The van der Waals surface area contributed by atoms with Gasteiger partial charge in [-0.1, -0.05) is 58.0 Å². The Morgan fingerprint density at radius 2 is 1.83 bits per heavy atom. The van der Waals surface area contributed by atoms with Crippen LogP contribution in [-0.2, 0) is 0 Å². The van der Waals surface area contributed by atoms with Gasteiger partial charge in [0.15, 0.2) is 5.70 Å². The van der Waals surface area contributed by atoms with Crippen molar-refractivity contribution in [3.63, 3.8) is 0 Å². The lowest BCUT2D eigenvalue weighted by Crippen LogP contribution is -2.22. The summed E-state index contributed by atoms with van der Waals surface area (Å²) in [6.45, 7) is 0. The second-order valence-electron chi connectivity index (χ2n) is 2.95. The van der Waals surface area contributed by atoms with Gasteiger partial charge >= 0.3 is 0 Å². The summed E-state index contributed by atoms with van der Waals surface area (Å²) in [6.07, 6.45) is 0. The molecule has 0 aliphatic rings. The van der Waals surface area contributed by atoms with Crippen LogP contribution >= 0.6 is 58.0 Å². The van der Waals surface area contributed by atoms with Crippen molar-refractivity contribution in [3.05, 3.63) is 43.0 Å². The topological polar surface area (TPSA) is 52.9 Å². The lowest BCUT2D eigenvalue weighted by molar-refractivity contribution is 0.0967. The van der Waals surface area contributed by atoms with Gasteiger partial charge in [0.1, 0.15) is 10.6 Å². The van der Waals surface area contributed by atoms with Gasteiger partial charge < -0.3 is 5.32 Å². The molecule has 0 aromatic heterocycles. The van der Waals surface area contributed by atoms with E-state index in [1.165, 1.54) is 12.1 Å². The number of carbonyl (C=O) groups is 1. The molecule has 0 fully saturated rings. The molecule has 0 radical (unpaired) electrons. The van der Waals surface area contributed by atoms with Crippen LogP contribution in [-0.4, -0.2) is 5.91 Å². The number of allylic oxidation sites excluding steroid dienone is 1. The summed E-state index contributed by atoms with van der Waals surface area (Å²) in [5.74, 6) is -0.695. The van der Waals surface area contributed by atoms with Gasteiger partial charge in [0.25, 0.3) is 5.91 Å². The van der Waals surface area contributed by atoms with Gasteiger partial charge in [0.05, 0.1) is 15.6 Å². The second-order valence-corrected chi connectivity index (χ2v) is 5.12. The van der Waals surface area contributed by atoms with Gasteiger partial charge in [-0.25, -0.2) is 0 Å². The highest BCUT2D eigenvalue weighted by Gasteiger charge is 2.16. The van der Waals surface area contributed by atoms with Crippen molar-refractivity contribution in [2.24, 2.45) is 0 Å². The van der Waals surface area contributed by atoms with Crippen LogP contribution in [0.1, 0.15) is 10.4 Å². The third-order valence-corrected chi connectivity index (χ3v) is 3.18. The Kier molecular flexibility index (Phi) is 5.58. The van der Waals surface area contributed by atoms with Crippen LogP contribution in [0.4, 0.5) is 0 Å². The Bertz CT molecular complexity index is 572. The molecular formula is C10H3Cl5N2O. The predicted molar refractivity (Wildman–Crippen MR) is 73.3 cm³/mol. The summed E-state index contributed by atoms with van der Waals surface area (Å²) in [6, 6.07) is 4.32.